The Balaban J connectivity index is 1.54. The molecular weight excluding hydrogens is 457 g/mol. The molecule has 4 atom stereocenters. The van der Waals surface area contributed by atoms with Gasteiger partial charge in [0.1, 0.15) is 5.82 Å². The van der Waals surface area contributed by atoms with Crippen molar-refractivity contribution in [1.82, 2.24) is 0 Å². The maximum Gasteiger partial charge on any atom is 0.310 e. The third-order valence-corrected chi connectivity index (χ3v) is 7.01. The van der Waals surface area contributed by atoms with Gasteiger partial charge in [-0.15, -0.1) is 0 Å². The van der Waals surface area contributed by atoms with E-state index in [0.29, 0.717) is 22.7 Å². The van der Waals surface area contributed by atoms with Gasteiger partial charge in [-0.1, -0.05) is 0 Å². The highest BCUT2D eigenvalue weighted by atomic mass is 19.1. The van der Waals surface area contributed by atoms with E-state index in [1.54, 1.807) is 18.2 Å². The molecule has 2 aliphatic heterocycles. The number of aromatic hydroxyl groups is 2. The average Bonchev–Trinajstić information content (AvgIpc) is 3.47. The van der Waals surface area contributed by atoms with Crippen molar-refractivity contribution < 1.29 is 38.3 Å². The number of methoxy groups -OCH3 is 1. The minimum absolute atomic E-state index is 0.0850. The van der Waals surface area contributed by atoms with E-state index in [0.717, 1.165) is 11.1 Å². The van der Waals surface area contributed by atoms with Crippen molar-refractivity contribution in [2.45, 2.75) is 12.0 Å². The summed E-state index contributed by atoms with van der Waals surface area (Å²) in [6, 6.07) is 12.5. The van der Waals surface area contributed by atoms with E-state index >= 15 is 0 Å². The Labute approximate surface area is 199 Å². The molecule has 2 heterocycles. The molecule has 0 spiro atoms. The summed E-state index contributed by atoms with van der Waals surface area (Å²) in [6.07, 6.45) is 0. The average molecular weight is 479 g/mol. The number of phenols is 2. The summed E-state index contributed by atoms with van der Waals surface area (Å²) in [7, 11) is 1.39. The van der Waals surface area contributed by atoms with Crippen molar-refractivity contribution in [2.24, 2.45) is 11.8 Å². The molecule has 1 aliphatic carbocycles. The lowest BCUT2D eigenvalue weighted by Crippen LogP contribution is -2.37. The number of carbonyl (C=O) groups is 1. The Morgan fingerprint density at radius 3 is 2.43 bits per heavy atom. The van der Waals surface area contributed by atoms with Gasteiger partial charge in [0.2, 0.25) is 12.5 Å². The van der Waals surface area contributed by atoms with Gasteiger partial charge in [-0.3, -0.25) is 4.79 Å². The van der Waals surface area contributed by atoms with Gasteiger partial charge in [-0.25, -0.2) is 4.39 Å². The lowest BCUT2D eigenvalue weighted by atomic mass is 9.65. The second-order valence-corrected chi connectivity index (χ2v) is 8.85. The second-order valence-electron chi connectivity index (χ2n) is 8.85. The molecule has 3 aromatic rings. The predicted molar refractivity (Wildman–Crippen MR) is 121 cm³/mol. The van der Waals surface area contributed by atoms with Crippen molar-refractivity contribution in [3.8, 4) is 28.7 Å². The van der Waals surface area contributed by atoms with Gasteiger partial charge in [-0.05, 0) is 65.2 Å². The molecule has 1 fully saturated rings. The van der Waals surface area contributed by atoms with E-state index in [4.69, 9.17) is 18.9 Å². The molecule has 0 saturated carbocycles. The molecule has 180 valence electrons. The largest absolute Gasteiger partial charge is 0.504 e. The van der Waals surface area contributed by atoms with Crippen molar-refractivity contribution in [1.29, 1.82) is 0 Å². The Kier molecular flexibility index (Phi) is 4.87. The van der Waals surface area contributed by atoms with Crippen LogP contribution in [-0.2, 0) is 9.53 Å². The number of carbonyl (C=O) groups excluding carboxylic acids is 1. The van der Waals surface area contributed by atoms with Gasteiger partial charge in [-0.2, -0.15) is 0 Å². The summed E-state index contributed by atoms with van der Waals surface area (Å²) in [5, 5.41) is 24.0. The number of nitrogens with one attached hydrogen (secondary N) is 1. The zero-order chi connectivity index (χ0) is 24.3. The Morgan fingerprint density at radius 2 is 1.71 bits per heavy atom. The first kappa shape index (κ1) is 21.4. The van der Waals surface area contributed by atoms with Gasteiger partial charge in [0, 0.05) is 17.5 Å². The van der Waals surface area contributed by atoms with Gasteiger partial charge in [0.25, 0.3) is 0 Å². The first-order valence-corrected chi connectivity index (χ1v) is 11.2. The van der Waals surface area contributed by atoms with Crippen LogP contribution in [0.25, 0.3) is 0 Å². The van der Waals surface area contributed by atoms with Crippen LogP contribution in [0.5, 0.6) is 28.7 Å². The predicted octanol–water partition coefficient (Wildman–Crippen LogP) is 4.06. The Morgan fingerprint density at radius 1 is 1.00 bits per heavy atom. The van der Waals surface area contributed by atoms with Gasteiger partial charge in [0.15, 0.2) is 23.0 Å². The Bertz CT molecular complexity index is 1330. The van der Waals surface area contributed by atoms with Crippen LogP contribution in [0.15, 0.2) is 48.5 Å². The SMILES string of the molecule is COc1cc([C@@H]2c3cc4c(cc3[C@@H](Nc3ccc(F)cc3)[C@H]3COC(=O)[C@H]23)OCO4)cc(O)c1O. The number of benzene rings is 3. The summed E-state index contributed by atoms with van der Waals surface area (Å²) < 4.78 is 35.6. The molecule has 0 amide bonds. The molecule has 35 heavy (non-hydrogen) atoms. The number of ether oxygens (including phenoxy) is 4. The molecule has 9 heteroatoms. The normalized spacial score (nSPS) is 23.9. The number of hydrogen-bond acceptors (Lipinski definition) is 8. The van der Waals surface area contributed by atoms with E-state index in [-0.39, 0.29) is 54.4 Å². The first-order chi connectivity index (χ1) is 16.9. The zero-order valence-corrected chi connectivity index (χ0v) is 18.7. The standard InChI is InChI=1S/C26H22FNO7/c1-32-21-7-12(6-18(29)25(21)30)22-15-8-19-20(35-11-34-19)9-16(15)24(17-10-33-26(31)23(17)22)28-14-4-2-13(27)3-5-14/h2-9,17,22-24,28-30H,10-11H2,1H3/t17-,22+,23-,24+/m0/s1. The minimum atomic E-state index is -0.588. The highest BCUT2D eigenvalue weighted by Crippen LogP contribution is 2.56. The number of esters is 1. The van der Waals surface area contributed by atoms with Crippen molar-refractivity contribution >= 4 is 11.7 Å². The van der Waals surface area contributed by atoms with Crippen LogP contribution >= 0.6 is 0 Å². The van der Waals surface area contributed by atoms with Crippen LogP contribution in [-0.4, -0.2) is 36.7 Å². The van der Waals surface area contributed by atoms with Crippen LogP contribution in [0.3, 0.4) is 0 Å². The molecule has 0 unspecified atom stereocenters. The Hall–Kier alpha value is -4.14. The van der Waals surface area contributed by atoms with Crippen molar-refractivity contribution in [2.75, 3.05) is 25.8 Å². The summed E-state index contributed by atoms with van der Waals surface area (Å²) in [4.78, 5) is 13.1. The molecule has 3 N–H and O–H groups in total. The number of fused-ring (bicyclic) bond motifs is 3. The van der Waals surface area contributed by atoms with Crippen molar-refractivity contribution in [3.63, 3.8) is 0 Å². The molecule has 3 aliphatic rings. The summed E-state index contributed by atoms with van der Waals surface area (Å²) >= 11 is 0. The minimum Gasteiger partial charge on any atom is -0.504 e. The van der Waals surface area contributed by atoms with Crippen LogP contribution in [0.1, 0.15) is 28.7 Å². The third kappa shape index (κ3) is 3.38. The summed E-state index contributed by atoms with van der Waals surface area (Å²) in [5.41, 5.74) is 2.95. The highest BCUT2D eigenvalue weighted by molar-refractivity contribution is 5.79. The lowest BCUT2D eigenvalue weighted by molar-refractivity contribution is -0.141. The van der Waals surface area contributed by atoms with E-state index in [2.05, 4.69) is 5.32 Å². The molecule has 8 nitrogen and oxygen atoms in total. The third-order valence-electron chi connectivity index (χ3n) is 7.01. The number of hydrogen-bond donors (Lipinski definition) is 3. The van der Waals surface area contributed by atoms with Crippen LogP contribution < -0.4 is 19.5 Å². The number of anilines is 1. The second kappa shape index (κ2) is 7.97. The maximum absolute atomic E-state index is 13.5. The van der Waals surface area contributed by atoms with E-state index in [1.807, 2.05) is 12.1 Å². The fourth-order valence-corrected chi connectivity index (χ4v) is 5.42. The molecule has 3 aromatic carbocycles. The first-order valence-electron chi connectivity index (χ1n) is 11.2. The molecule has 0 bridgehead atoms. The van der Waals surface area contributed by atoms with Gasteiger partial charge in [0.05, 0.1) is 25.7 Å². The van der Waals surface area contributed by atoms with Gasteiger partial charge < -0.3 is 34.5 Å². The highest BCUT2D eigenvalue weighted by Gasteiger charge is 2.52. The van der Waals surface area contributed by atoms with Gasteiger partial charge >= 0.3 is 5.97 Å². The molecular formula is C26H22FNO7. The molecule has 6 rings (SSSR count). The molecule has 0 aromatic heterocycles. The smallest absolute Gasteiger partial charge is 0.310 e. The van der Waals surface area contributed by atoms with Crippen molar-refractivity contribution in [3.05, 3.63) is 71.0 Å². The molecule has 0 radical (unpaired) electrons. The fourth-order valence-electron chi connectivity index (χ4n) is 5.42. The van der Waals surface area contributed by atoms with Crippen LogP contribution in [0, 0.1) is 17.7 Å². The van der Waals surface area contributed by atoms with E-state index in [9.17, 15) is 19.4 Å². The van der Waals surface area contributed by atoms with Crippen LogP contribution in [0.2, 0.25) is 0 Å². The maximum atomic E-state index is 13.5. The summed E-state index contributed by atoms with van der Waals surface area (Å²) in [6.45, 7) is 0.273. The zero-order valence-electron chi connectivity index (χ0n) is 18.7. The molecule has 1 saturated heterocycles. The monoisotopic (exact) mass is 479 g/mol. The number of halogens is 1. The van der Waals surface area contributed by atoms with Crippen LogP contribution in [0.4, 0.5) is 10.1 Å². The topological polar surface area (TPSA) is 106 Å². The summed E-state index contributed by atoms with van der Waals surface area (Å²) in [5.74, 6) is -1.57. The number of rotatable bonds is 4. The fraction of sp³-hybridized carbons (Fsp3) is 0.269. The van der Waals surface area contributed by atoms with E-state index < -0.39 is 11.8 Å². The number of cyclic esters (lactones) is 1. The number of phenolic OH excluding ortho intramolecular Hbond substituents is 2. The van der Waals surface area contributed by atoms with E-state index in [1.165, 1.54) is 25.3 Å². The lowest BCUT2D eigenvalue weighted by Gasteiger charge is -2.40. The quantitative estimate of drug-likeness (QED) is 0.380.